The fraction of sp³-hybridized carbons (Fsp3) is 0.421. The van der Waals surface area contributed by atoms with Crippen LogP contribution in [0.25, 0.3) is 11.4 Å². The van der Waals surface area contributed by atoms with Gasteiger partial charge >= 0.3 is 0 Å². The fourth-order valence-corrected chi connectivity index (χ4v) is 4.47. The average molecular weight is 437 g/mol. The second-order valence-corrected chi connectivity index (χ2v) is 8.15. The van der Waals surface area contributed by atoms with Gasteiger partial charge < -0.3 is 19.9 Å². The molecule has 1 aromatic carbocycles. The number of amides is 2. The summed E-state index contributed by atoms with van der Waals surface area (Å²) in [6, 6.07) is 3.70. The molecule has 1 saturated heterocycles. The Hall–Kier alpha value is -2.82. The van der Waals surface area contributed by atoms with Crippen LogP contribution in [0, 0.1) is 0 Å². The number of thioether (sulfide) groups is 1. The van der Waals surface area contributed by atoms with Crippen molar-refractivity contribution in [1.29, 1.82) is 0 Å². The first-order valence-electron chi connectivity index (χ1n) is 9.38. The maximum absolute atomic E-state index is 13.4. The van der Waals surface area contributed by atoms with Crippen molar-refractivity contribution in [3.05, 3.63) is 24.4 Å². The molecule has 160 valence electrons. The Morgan fingerprint density at radius 3 is 2.90 bits per heavy atom. The molecule has 1 aromatic heterocycles. The highest BCUT2D eigenvalue weighted by molar-refractivity contribution is 8.14. The lowest BCUT2D eigenvalue weighted by molar-refractivity contribution is -0.118. The van der Waals surface area contributed by atoms with Gasteiger partial charge in [0.2, 0.25) is 5.91 Å². The first-order valence-corrected chi connectivity index (χ1v) is 10.4. The van der Waals surface area contributed by atoms with E-state index in [1.165, 1.54) is 0 Å². The summed E-state index contributed by atoms with van der Waals surface area (Å²) in [5, 5.41) is -0.428. The highest BCUT2D eigenvalue weighted by atomic mass is 32.2. The minimum absolute atomic E-state index is 0.0339. The van der Waals surface area contributed by atoms with Gasteiger partial charge in [-0.2, -0.15) is 0 Å². The van der Waals surface area contributed by atoms with Crippen molar-refractivity contribution in [2.75, 3.05) is 29.2 Å². The van der Waals surface area contributed by atoms with Gasteiger partial charge in [-0.3, -0.25) is 14.5 Å². The van der Waals surface area contributed by atoms with Crippen LogP contribution in [-0.2, 0) is 11.3 Å². The van der Waals surface area contributed by atoms with E-state index in [1.54, 1.807) is 41.8 Å². The van der Waals surface area contributed by atoms with Crippen molar-refractivity contribution in [2.24, 2.45) is 5.73 Å². The number of hydrogen-bond acceptors (Lipinski definition) is 6. The molecule has 2 amide bonds. The van der Waals surface area contributed by atoms with E-state index in [1.807, 2.05) is 6.07 Å². The topological polar surface area (TPSA) is 93.7 Å². The third-order valence-corrected chi connectivity index (χ3v) is 6.36. The Balaban J connectivity index is 1.71. The van der Waals surface area contributed by atoms with Crippen LogP contribution in [0.4, 0.5) is 25.1 Å². The maximum Gasteiger partial charge on any atom is 0.287 e. The molecule has 0 bridgehead atoms. The number of fused-ring (bicyclic) bond motifs is 3. The number of halogens is 2. The van der Waals surface area contributed by atoms with Crippen molar-refractivity contribution >= 4 is 34.4 Å². The molecule has 2 aromatic rings. The first-order chi connectivity index (χ1) is 14.3. The number of benzene rings is 1. The molecule has 0 aliphatic carbocycles. The Bertz CT molecular complexity index is 999. The number of carbonyl (C=O) groups excluding carboxylic acids is 2. The van der Waals surface area contributed by atoms with Gasteiger partial charge in [-0.05, 0) is 19.1 Å². The van der Waals surface area contributed by atoms with E-state index in [-0.39, 0.29) is 11.6 Å². The molecule has 2 N–H and O–H groups in total. The van der Waals surface area contributed by atoms with E-state index in [4.69, 9.17) is 10.5 Å². The number of nitrogens with two attached hydrogens (primary N) is 1. The molecule has 2 atom stereocenters. The highest BCUT2D eigenvalue weighted by Crippen LogP contribution is 2.38. The number of ether oxygens (including phenoxy) is 1. The van der Waals surface area contributed by atoms with Gasteiger partial charge in [0.15, 0.2) is 5.82 Å². The Kier molecular flexibility index (Phi) is 5.31. The molecule has 0 radical (unpaired) electrons. The molecule has 1 fully saturated rings. The molecule has 3 heterocycles. The SMILES string of the molecule is CC(C(N)=O)N(C)c1ccc2c(c1)OCCn1cc(N3C(=O)SC[C@H]3C(F)F)nc1-2. The quantitative estimate of drug-likeness (QED) is 0.773. The lowest BCUT2D eigenvalue weighted by atomic mass is 10.1. The minimum Gasteiger partial charge on any atom is -0.491 e. The Morgan fingerprint density at radius 2 is 2.20 bits per heavy atom. The molecule has 4 rings (SSSR count). The zero-order valence-corrected chi connectivity index (χ0v) is 17.2. The van der Waals surface area contributed by atoms with Crippen LogP contribution >= 0.6 is 11.8 Å². The zero-order chi connectivity index (χ0) is 21.6. The molecular weight excluding hydrogens is 416 g/mol. The third kappa shape index (κ3) is 3.47. The van der Waals surface area contributed by atoms with Crippen LogP contribution in [0.15, 0.2) is 24.4 Å². The van der Waals surface area contributed by atoms with E-state index in [0.29, 0.717) is 30.3 Å². The van der Waals surface area contributed by atoms with Crippen molar-refractivity contribution in [3.8, 4) is 17.1 Å². The van der Waals surface area contributed by atoms with Gasteiger partial charge in [0.05, 0.1) is 12.1 Å². The first kappa shape index (κ1) is 20.5. The van der Waals surface area contributed by atoms with Gasteiger partial charge in [-0.15, -0.1) is 0 Å². The summed E-state index contributed by atoms with van der Waals surface area (Å²) >= 11 is 0.872. The highest BCUT2D eigenvalue weighted by Gasteiger charge is 2.40. The standard InChI is InChI=1S/C19H21F2N5O3S/c1-10(17(22)27)24(2)11-3-4-12-14(7-11)29-6-5-25-8-15(23-18(12)25)26-13(16(20)21)9-30-19(26)28/h3-4,7-8,10,13,16H,5-6,9H2,1-2H3,(H2,22,27)/t10?,13-/m0/s1. The Morgan fingerprint density at radius 1 is 1.43 bits per heavy atom. The van der Waals surface area contributed by atoms with Crippen LogP contribution in [0.5, 0.6) is 5.75 Å². The molecule has 0 spiro atoms. The number of alkyl halides is 2. The summed E-state index contributed by atoms with van der Waals surface area (Å²) < 4.78 is 34.4. The number of primary amides is 1. The van der Waals surface area contributed by atoms with E-state index < -0.39 is 29.7 Å². The second-order valence-electron chi connectivity index (χ2n) is 7.18. The van der Waals surface area contributed by atoms with E-state index in [0.717, 1.165) is 22.3 Å². The molecule has 0 saturated carbocycles. The maximum atomic E-state index is 13.4. The summed E-state index contributed by atoms with van der Waals surface area (Å²) in [5.41, 5.74) is 6.81. The Labute approximate surface area is 176 Å². The van der Waals surface area contributed by atoms with Gasteiger partial charge in [-0.1, -0.05) is 11.8 Å². The van der Waals surface area contributed by atoms with Gasteiger partial charge in [0.1, 0.15) is 30.3 Å². The summed E-state index contributed by atoms with van der Waals surface area (Å²) in [7, 11) is 1.76. The summed E-state index contributed by atoms with van der Waals surface area (Å²) in [6.07, 6.45) is -1.03. The van der Waals surface area contributed by atoms with Crippen molar-refractivity contribution in [3.63, 3.8) is 0 Å². The van der Waals surface area contributed by atoms with Gasteiger partial charge in [0, 0.05) is 30.8 Å². The molecule has 11 heteroatoms. The number of aromatic nitrogens is 2. The molecule has 30 heavy (non-hydrogen) atoms. The lowest BCUT2D eigenvalue weighted by Crippen LogP contribution is -2.40. The van der Waals surface area contributed by atoms with E-state index in [9.17, 15) is 18.4 Å². The summed E-state index contributed by atoms with van der Waals surface area (Å²) in [4.78, 5) is 31.0. The molecule has 1 unspecified atom stereocenters. The van der Waals surface area contributed by atoms with Gasteiger partial charge in [0.25, 0.3) is 11.7 Å². The number of anilines is 2. The summed E-state index contributed by atoms with van der Waals surface area (Å²) in [5.74, 6) is 0.885. The average Bonchev–Trinajstić information content (AvgIpc) is 3.25. The van der Waals surface area contributed by atoms with Crippen LogP contribution < -0.4 is 20.3 Å². The second kappa shape index (κ2) is 7.78. The third-order valence-electron chi connectivity index (χ3n) is 5.40. The predicted molar refractivity (Wildman–Crippen MR) is 110 cm³/mol. The van der Waals surface area contributed by atoms with Crippen LogP contribution in [0.3, 0.4) is 0 Å². The van der Waals surface area contributed by atoms with Crippen molar-refractivity contribution in [2.45, 2.75) is 32.0 Å². The molecule has 2 aliphatic heterocycles. The lowest BCUT2D eigenvalue weighted by Gasteiger charge is -2.25. The number of nitrogens with zero attached hydrogens (tertiary/aromatic N) is 4. The monoisotopic (exact) mass is 437 g/mol. The van der Waals surface area contributed by atoms with E-state index in [2.05, 4.69) is 4.98 Å². The number of carbonyl (C=O) groups is 2. The zero-order valence-electron chi connectivity index (χ0n) is 16.4. The number of likely N-dealkylation sites (N-methyl/N-ethyl adjacent to an activating group) is 1. The largest absolute Gasteiger partial charge is 0.491 e. The fourth-order valence-electron chi connectivity index (χ4n) is 3.49. The molecular formula is C19H21F2N5O3S. The molecule has 8 nitrogen and oxygen atoms in total. The normalized spacial score (nSPS) is 19.2. The van der Waals surface area contributed by atoms with Gasteiger partial charge in [-0.25, -0.2) is 13.8 Å². The number of imidazole rings is 1. The van der Waals surface area contributed by atoms with Crippen LogP contribution in [0.1, 0.15) is 6.92 Å². The smallest absolute Gasteiger partial charge is 0.287 e. The minimum atomic E-state index is -2.65. The van der Waals surface area contributed by atoms with Crippen molar-refractivity contribution in [1.82, 2.24) is 9.55 Å². The van der Waals surface area contributed by atoms with Crippen LogP contribution in [0.2, 0.25) is 0 Å². The molecule has 2 aliphatic rings. The van der Waals surface area contributed by atoms with Crippen LogP contribution in [-0.4, -0.2) is 58.6 Å². The number of rotatable bonds is 5. The predicted octanol–water partition coefficient (Wildman–Crippen LogP) is 2.56. The van der Waals surface area contributed by atoms with Crippen molar-refractivity contribution < 1.29 is 23.1 Å². The summed E-state index contributed by atoms with van der Waals surface area (Å²) in [6.45, 7) is 2.50. The number of hydrogen-bond donors (Lipinski definition) is 1. The van der Waals surface area contributed by atoms with E-state index >= 15 is 0 Å².